The second kappa shape index (κ2) is 8.48. The summed E-state index contributed by atoms with van der Waals surface area (Å²) in [5, 5.41) is 3.08. The number of halogens is 1. The molecule has 3 N–H and O–H groups in total. The van der Waals surface area contributed by atoms with E-state index in [1.807, 2.05) is 25.1 Å². The maximum absolute atomic E-state index is 14.3. The second-order valence-electron chi connectivity index (χ2n) is 6.90. The van der Waals surface area contributed by atoms with E-state index >= 15 is 0 Å². The SMILES string of the molecule is Cc1c(NC(=O)C2CCCCC2)cccc1N(C(N)=S)c1ccccc1F. The van der Waals surface area contributed by atoms with Crippen LogP contribution in [0.25, 0.3) is 0 Å². The van der Waals surface area contributed by atoms with Crippen molar-refractivity contribution in [1.82, 2.24) is 0 Å². The Morgan fingerprint density at radius 2 is 1.78 bits per heavy atom. The first-order valence-electron chi connectivity index (χ1n) is 9.23. The van der Waals surface area contributed by atoms with E-state index in [-0.39, 0.29) is 22.6 Å². The highest BCUT2D eigenvalue weighted by atomic mass is 32.1. The van der Waals surface area contributed by atoms with Gasteiger partial charge in [-0.1, -0.05) is 37.5 Å². The minimum atomic E-state index is -0.415. The number of amides is 1. The molecule has 142 valence electrons. The Kier molecular flexibility index (Phi) is 6.06. The van der Waals surface area contributed by atoms with Gasteiger partial charge in [0.15, 0.2) is 5.11 Å². The Hall–Kier alpha value is -2.47. The maximum atomic E-state index is 14.3. The molecule has 0 radical (unpaired) electrons. The Bertz CT molecular complexity index is 849. The van der Waals surface area contributed by atoms with Crippen molar-refractivity contribution in [2.75, 3.05) is 10.2 Å². The number of benzene rings is 2. The number of rotatable bonds is 4. The number of nitrogens with one attached hydrogen (secondary N) is 1. The van der Waals surface area contributed by atoms with Crippen molar-refractivity contribution >= 4 is 40.3 Å². The first kappa shape index (κ1) is 19.3. The van der Waals surface area contributed by atoms with Gasteiger partial charge in [0.05, 0.1) is 11.4 Å². The predicted octanol–water partition coefficient (Wildman–Crippen LogP) is 5.03. The molecule has 0 bridgehead atoms. The highest BCUT2D eigenvalue weighted by Gasteiger charge is 2.23. The molecule has 6 heteroatoms. The van der Waals surface area contributed by atoms with E-state index in [0.717, 1.165) is 31.2 Å². The molecule has 1 amide bonds. The topological polar surface area (TPSA) is 58.4 Å². The van der Waals surface area contributed by atoms with E-state index in [0.29, 0.717) is 11.4 Å². The lowest BCUT2D eigenvalue weighted by Gasteiger charge is -2.27. The summed E-state index contributed by atoms with van der Waals surface area (Å²) in [6.07, 6.45) is 5.25. The van der Waals surface area contributed by atoms with Gasteiger partial charge >= 0.3 is 0 Å². The number of carbonyl (C=O) groups excluding carboxylic acids is 1. The number of carbonyl (C=O) groups is 1. The van der Waals surface area contributed by atoms with Gasteiger partial charge in [0.2, 0.25) is 5.91 Å². The average molecular weight is 386 g/mol. The third-order valence-electron chi connectivity index (χ3n) is 5.09. The van der Waals surface area contributed by atoms with Crippen LogP contribution in [0.1, 0.15) is 37.7 Å². The predicted molar refractivity (Wildman–Crippen MR) is 112 cm³/mol. The monoisotopic (exact) mass is 385 g/mol. The lowest BCUT2D eigenvalue weighted by Crippen LogP contribution is -2.32. The fraction of sp³-hybridized carbons (Fsp3) is 0.333. The lowest BCUT2D eigenvalue weighted by molar-refractivity contribution is -0.120. The van der Waals surface area contributed by atoms with Crippen LogP contribution < -0.4 is 16.0 Å². The zero-order valence-electron chi connectivity index (χ0n) is 15.4. The molecule has 1 aliphatic rings. The molecule has 1 aliphatic carbocycles. The molecule has 0 heterocycles. The summed E-state index contributed by atoms with van der Waals surface area (Å²) in [4.78, 5) is 14.1. The van der Waals surface area contributed by atoms with E-state index in [2.05, 4.69) is 5.32 Å². The summed E-state index contributed by atoms with van der Waals surface area (Å²) in [7, 11) is 0. The van der Waals surface area contributed by atoms with Gasteiger partial charge < -0.3 is 11.1 Å². The molecule has 0 aliphatic heterocycles. The van der Waals surface area contributed by atoms with Crippen molar-refractivity contribution < 1.29 is 9.18 Å². The fourth-order valence-corrected chi connectivity index (χ4v) is 3.80. The van der Waals surface area contributed by atoms with Gasteiger partial charge in [-0.05, 0) is 61.8 Å². The van der Waals surface area contributed by atoms with Gasteiger partial charge in [0.25, 0.3) is 0 Å². The van der Waals surface area contributed by atoms with E-state index < -0.39 is 5.82 Å². The number of hydrogen-bond acceptors (Lipinski definition) is 2. The zero-order valence-corrected chi connectivity index (χ0v) is 16.2. The summed E-state index contributed by atoms with van der Waals surface area (Å²) >= 11 is 5.18. The molecule has 1 fully saturated rings. The number of anilines is 3. The Balaban J connectivity index is 1.92. The molecule has 0 spiro atoms. The Morgan fingerprint density at radius 1 is 1.11 bits per heavy atom. The van der Waals surface area contributed by atoms with Crippen molar-refractivity contribution in [1.29, 1.82) is 0 Å². The van der Waals surface area contributed by atoms with Crippen LogP contribution in [0.2, 0.25) is 0 Å². The van der Waals surface area contributed by atoms with Crippen LogP contribution in [0.4, 0.5) is 21.5 Å². The van der Waals surface area contributed by atoms with E-state index in [1.165, 1.54) is 17.4 Å². The van der Waals surface area contributed by atoms with Crippen molar-refractivity contribution in [2.45, 2.75) is 39.0 Å². The van der Waals surface area contributed by atoms with Crippen LogP contribution in [-0.4, -0.2) is 11.0 Å². The van der Waals surface area contributed by atoms with Gasteiger partial charge in [-0.3, -0.25) is 9.69 Å². The number of para-hydroxylation sites is 1. The number of nitrogens with zero attached hydrogens (tertiary/aromatic N) is 1. The maximum Gasteiger partial charge on any atom is 0.227 e. The molecule has 2 aromatic carbocycles. The summed E-state index contributed by atoms with van der Waals surface area (Å²) in [5.74, 6) is -0.316. The first-order chi connectivity index (χ1) is 13.0. The quantitative estimate of drug-likeness (QED) is 0.725. The second-order valence-corrected chi connectivity index (χ2v) is 7.32. The number of nitrogens with two attached hydrogens (primary N) is 1. The summed E-state index contributed by atoms with van der Waals surface area (Å²) in [6, 6.07) is 11.8. The summed E-state index contributed by atoms with van der Waals surface area (Å²) < 4.78 is 14.3. The molecule has 4 nitrogen and oxygen atoms in total. The van der Waals surface area contributed by atoms with Gasteiger partial charge in [0, 0.05) is 11.6 Å². The largest absolute Gasteiger partial charge is 0.376 e. The molecule has 0 atom stereocenters. The molecular weight excluding hydrogens is 361 g/mol. The molecule has 1 saturated carbocycles. The third-order valence-corrected chi connectivity index (χ3v) is 5.28. The van der Waals surface area contributed by atoms with Crippen LogP contribution in [0, 0.1) is 18.7 Å². The van der Waals surface area contributed by atoms with E-state index in [4.69, 9.17) is 18.0 Å². The fourth-order valence-electron chi connectivity index (χ4n) is 3.60. The van der Waals surface area contributed by atoms with Gasteiger partial charge in [-0.25, -0.2) is 4.39 Å². The molecule has 27 heavy (non-hydrogen) atoms. The molecular formula is C21H24FN3OS. The van der Waals surface area contributed by atoms with Gasteiger partial charge in [-0.2, -0.15) is 0 Å². The highest BCUT2D eigenvalue weighted by Crippen LogP contribution is 2.34. The summed E-state index contributed by atoms with van der Waals surface area (Å²) in [5.41, 5.74) is 8.32. The van der Waals surface area contributed by atoms with Crippen molar-refractivity contribution in [3.63, 3.8) is 0 Å². The van der Waals surface area contributed by atoms with E-state index in [9.17, 15) is 9.18 Å². The average Bonchev–Trinajstić information content (AvgIpc) is 2.67. The van der Waals surface area contributed by atoms with Gasteiger partial charge in [0.1, 0.15) is 5.82 Å². The zero-order chi connectivity index (χ0) is 19.4. The van der Waals surface area contributed by atoms with E-state index in [1.54, 1.807) is 18.2 Å². The smallest absolute Gasteiger partial charge is 0.227 e. The van der Waals surface area contributed by atoms with Crippen LogP contribution in [0.5, 0.6) is 0 Å². The Labute approximate surface area is 164 Å². The summed E-state index contributed by atoms with van der Waals surface area (Å²) in [6.45, 7) is 1.87. The molecule has 3 rings (SSSR count). The third kappa shape index (κ3) is 4.27. The number of thiocarbonyl (C=S) groups is 1. The highest BCUT2D eigenvalue weighted by molar-refractivity contribution is 7.80. The van der Waals surface area contributed by atoms with Crippen molar-refractivity contribution in [3.05, 3.63) is 53.8 Å². The van der Waals surface area contributed by atoms with Crippen LogP contribution in [0.3, 0.4) is 0 Å². The first-order valence-corrected chi connectivity index (χ1v) is 9.64. The normalized spacial score (nSPS) is 14.6. The molecule has 0 aromatic heterocycles. The number of hydrogen-bond donors (Lipinski definition) is 2. The Morgan fingerprint density at radius 3 is 2.44 bits per heavy atom. The minimum Gasteiger partial charge on any atom is -0.376 e. The van der Waals surface area contributed by atoms with Crippen molar-refractivity contribution in [3.8, 4) is 0 Å². The lowest BCUT2D eigenvalue weighted by atomic mass is 9.88. The molecule has 0 unspecified atom stereocenters. The van der Waals surface area contributed by atoms with Crippen molar-refractivity contribution in [2.24, 2.45) is 11.7 Å². The molecule has 2 aromatic rings. The standard InChI is InChI=1S/C21H24FN3OS/c1-14-17(24-20(26)15-8-3-2-4-9-15)11-7-13-18(14)25(21(23)27)19-12-6-5-10-16(19)22/h5-7,10-13,15H,2-4,8-9H2,1H3,(H2,23,27)(H,24,26). The molecule has 0 saturated heterocycles. The van der Waals surface area contributed by atoms with Crippen LogP contribution >= 0.6 is 12.2 Å². The van der Waals surface area contributed by atoms with Gasteiger partial charge in [-0.15, -0.1) is 0 Å². The van der Waals surface area contributed by atoms with Crippen LogP contribution in [-0.2, 0) is 4.79 Å². The minimum absolute atomic E-state index is 0.0407. The van der Waals surface area contributed by atoms with Crippen LogP contribution in [0.15, 0.2) is 42.5 Å².